The fourth-order valence-corrected chi connectivity index (χ4v) is 2.45. The van der Waals surface area contributed by atoms with Gasteiger partial charge in [0, 0.05) is 6.04 Å². The van der Waals surface area contributed by atoms with E-state index >= 15 is 0 Å². The van der Waals surface area contributed by atoms with E-state index in [0.29, 0.717) is 0 Å². The van der Waals surface area contributed by atoms with Crippen LogP contribution in [-0.2, 0) is 0 Å². The Morgan fingerprint density at radius 3 is 2.56 bits per heavy atom. The van der Waals surface area contributed by atoms with E-state index in [4.69, 9.17) is 5.73 Å². The van der Waals surface area contributed by atoms with E-state index in [-0.39, 0.29) is 6.04 Å². The van der Waals surface area contributed by atoms with Crippen molar-refractivity contribution in [3.8, 4) is 0 Å². The van der Waals surface area contributed by atoms with Crippen LogP contribution < -0.4 is 11.1 Å². The summed E-state index contributed by atoms with van der Waals surface area (Å²) in [6.45, 7) is 2.37. The topological polar surface area (TPSA) is 38.0 Å². The Morgan fingerprint density at radius 1 is 1.19 bits per heavy atom. The molecule has 0 radical (unpaired) electrons. The van der Waals surface area contributed by atoms with Gasteiger partial charge in [0.2, 0.25) is 0 Å². The number of piperidine rings is 1. The average molecular weight is 218 g/mol. The van der Waals surface area contributed by atoms with Gasteiger partial charge in [0.25, 0.3) is 0 Å². The summed E-state index contributed by atoms with van der Waals surface area (Å²) in [6.07, 6.45) is 5.04. The quantitative estimate of drug-likeness (QED) is 0.814. The van der Waals surface area contributed by atoms with Gasteiger partial charge in [0.15, 0.2) is 0 Å². The van der Waals surface area contributed by atoms with Crippen molar-refractivity contribution in [1.29, 1.82) is 0 Å². The van der Waals surface area contributed by atoms with Gasteiger partial charge < -0.3 is 11.1 Å². The van der Waals surface area contributed by atoms with E-state index < -0.39 is 0 Å². The summed E-state index contributed by atoms with van der Waals surface area (Å²) in [5, 5.41) is 3.40. The molecule has 0 amide bonds. The minimum atomic E-state index is 0.219. The minimum absolute atomic E-state index is 0.219. The van der Waals surface area contributed by atoms with Gasteiger partial charge in [-0.25, -0.2) is 0 Å². The zero-order chi connectivity index (χ0) is 11.2. The lowest BCUT2D eigenvalue weighted by Crippen LogP contribution is -2.28. The van der Waals surface area contributed by atoms with Gasteiger partial charge in [-0.15, -0.1) is 0 Å². The number of benzene rings is 1. The molecule has 0 spiro atoms. The third kappa shape index (κ3) is 3.32. The second-order valence-corrected chi connectivity index (χ2v) is 4.79. The molecular weight excluding hydrogens is 196 g/mol. The molecule has 2 heteroatoms. The van der Waals surface area contributed by atoms with Gasteiger partial charge >= 0.3 is 0 Å². The molecule has 88 valence electrons. The lowest BCUT2D eigenvalue weighted by molar-refractivity contribution is 0.337. The highest BCUT2D eigenvalue weighted by molar-refractivity contribution is 5.18. The van der Waals surface area contributed by atoms with Crippen LogP contribution in [0.5, 0.6) is 0 Å². The first-order valence-corrected chi connectivity index (χ1v) is 6.37. The number of hydrogen-bond donors (Lipinski definition) is 2. The Hall–Kier alpha value is -0.860. The summed E-state index contributed by atoms with van der Waals surface area (Å²) in [7, 11) is 0. The van der Waals surface area contributed by atoms with Crippen LogP contribution >= 0.6 is 0 Å². The maximum Gasteiger partial charge on any atom is 0.0294 e. The second-order valence-electron chi connectivity index (χ2n) is 4.79. The minimum Gasteiger partial charge on any atom is -0.324 e. The van der Waals surface area contributed by atoms with E-state index in [0.717, 1.165) is 12.3 Å². The van der Waals surface area contributed by atoms with Crippen molar-refractivity contribution in [3.63, 3.8) is 0 Å². The predicted octanol–water partition coefficient (Wildman–Crippen LogP) is 2.47. The van der Waals surface area contributed by atoms with Crippen LogP contribution in [0, 0.1) is 5.92 Å². The smallest absolute Gasteiger partial charge is 0.0294 e. The fraction of sp³-hybridized carbons (Fsp3) is 0.571. The molecule has 1 unspecified atom stereocenters. The second kappa shape index (κ2) is 6.02. The fourth-order valence-electron chi connectivity index (χ4n) is 2.45. The Kier molecular flexibility index (Phi) is 4.37. The molecule has 16 heavy (non-hydrogen) atoms. The molecule has 0 bridgehead atoms. The van der Waals surface area contributed by atoms with Crippen molar-refractivity contribution in [2.24, 2.45) is 11.7 Å². The Balaban J connectivity index is 1.77. The molecule has 1 aromatic rings. The first-order valence-electron chi connectivity index (χ1n) is 6.37. The van der Waals surface area contributed by atoms with Crippen LogP contribution in [0.3, 0.4) is 0 Å². The van der Waals surface area contributed by atoms with Crippen LogP contribution in [0.4, 0.5) is 0 Å². The third-order valence-corrected chi connectivity index (χ3v) is 3.57. The molecule has 0 aromatic heterocycles. The van der Waals surface area contributed by atoms with E-state index in [9.17, 15) is 0 Å². The van der Waals surface area contributed by atoms with Crippen molar-refractivity contribution in [2.45, 2.75) is 31.7 Å². The molecule has 1 atom stereocenters. The maximum atomic E-state index is 6.20. The van der Waals surface area contributed by atoms with E-state index in [2.05, 4.69) is 29.6 Å². The molecular formula is C14H22N2. The Morgan fingerprint density at radius 2 is 1.88 bits per heavy atom. The zero-order valence-electron chi connectivity index (χ0n) is 9.86. The molecule has 1 aromatic carbocycles. The highest BCUT2D eigenvalue weighted by Crippen LogP contribution is 2.23. The normalized spacial score (nSPS) is 19.6. The summed E-state index contributed by atoms with van der Waals surface area (Å²) in [5.41, 5.74) is 7.47. The molecule has 1 saturated heterocycles. The summed E-state index contributed by atoms with van der Waals surface area (Å²) >= 11 is 0. The summed E-state index contributed by atoms with van der Waals surface area (Å²) in [4.78, 5) is 0. The first kappa shape index (κ1) is 11.6. The molecule has 0 aliphatic carbocycles. The predicted molar refractivity (Wildman–Crippen MR) is 68.2 cm³/mol. The van der Waals surface area contributed by atoms with Crippen molar-refractivity contribution in [3.05, 3.63) is 35.9 Å². The standard InChI is InChI=1S/C14H22N2/c15-14(13-4-2-1-3-5-13)7-6-12-8-10-16-11-9-12/h1-5,12,14,16H,6-11,15H2. The van der Waals surface area contributed by atoms with Gasteiger partial charge in [-0.05, 0) is 50.3 Å². The molecule has 3 N–H and O–H groups in total. The average Bonchev–Trinajstić information content (AvgIpc) is 2.38. The van der Waals surface area contributed by atoms with Gasteiger partial charge in [0.1, 0.15) is 0 Å². The van der Waals surface area contributed by atoms with Crippen molar-refractivity contribution >= 4 is 0 Å². The van der Waals surface area contributed by atoms with Crippen molar-refractivity contribution in [2.75, 3.05) is 13.1 Å². The SMILES string of the molecule is NC(CCC1CCNCC1)c1ccccc1. The molecule has 2 rings (SSSR count). The largest absolute Gasteiger partial charge is 0.324 e. The Bertz CT molecular complexity index is 291. The van der Waals surface area contributed by atoms with Crippen LogP contribution in [-0.4, -0.2) is 13.1 Å². The van der Waals surface area contributed by atoms with Gasteiger partial charge in [-0.1, -0.05) is 30.3 Å². The molecule has 1 aliphatic heterocycles. The van der Waals surface area contributed by atoms with Crippen LogP contribution in [0.1, 0.15) is 37.3 Å². The lowest BCUT2D eigenvalue weighted by atomic mass is 9.90. The first-order chi connectivity index (χ1) is 7.86. The number of nitrogens with two attached hydrogens (primary N) is 1. The molecule has 1 heterocycles. The van der Waals surface area contributed by atoms with Crippen molar-refractivity contribution < 1.29 is 0 Å². The van der Waals surface area contributed by atoms with Crippen LogP contribution in [0.25, 0.3) is 0 Å². The van der Waals surface area contributed by atoms with Gasteiger partial charge in [-0.2, -0.15) is 0 Å². The van der Waals surface area contributed by atoms with Gasteiger partial charge in [0.05, 0.1) is 0 Å². The zero-order valence-corrected chi connectivity index (χ0v) is 9.86. The van der Waals surface area contributed by atoms with Crippen molar-refractivity contribution in [1.82, 2.24) is 5.32 Å². The third-order valence-electron chi connectivity index (χ3n) is 3.57. The van der Waals surface area contributed by atoms with E-state index in [1.165, 1.54) is 37.9 Å². The monoisotopic (exact) mass is 218 g/mol. The number of rotatable bonds is 4. The van der Waals surface area contributed by atoms with Gasteiger partial charge in [-0.3, -0.25) is 0 Å². The number of hydrogen-bond acceptors (Lipinski definition) is 2. The molecule has 1 aliphatic rings. The highest BCUT2D eigenvalue weighted by atomic mass is 14.9. The summed E-state index contributed by atoms with van der Waals surface area (Å²) in [6, 6.07) is 10.7. The maximum absolute atomic E-state index is 6.20. The van der Waals surface area contributed by atoms with Crippen LogP contribution in [0.2, 0.25) is 0 Å². The van der Waals surface area contributed by atoms with Crippen LogP contribution in [0.15, 0.2) is 30.3 Å². The molecule has 2 nitrogen and oxygen atoms in total. The number of nitrogens with one attached hydrogen (secondary N) is 1. The van der Waals surface area contributed by atoms with E-state index in [1.807, 2.05) is 6.07 Å². The summed E-state index contributed by atoms with van der Waals surface area (Å²) < 4.78 is 0. The highest BCUT2D eigenvalue weighted by Gasteiger charge is 2.14. The van der Waals surface area contributed by atoms with E-state index in [1.54, 1.807) is 0 Å². The molecule has 1 fully saturated rings. The lowest BCUT2D eigenvalue weighted by Gasteiger charge is -2.23. The Labute approximate surface area is 98.2 Å². The molecule has 0 saturated carbocycles. The summed E-state index contributed by atoms with van der Waals surface area (Å²) in [5.74, 6) is 0.885.